The van der Waals surface area contributed by atoms with Crippen LogP contribution < -0.4 is 9.80 Å². The molecule has 2 atom stereocenters. The Morgan fingerprint density at radius 1 is 0.521 bits per heavy atom. The number of para-hydroxylation sites is 2. The van der Waals surface area contributed by atoms with E-state index in [9.17, 15) is 0 Å². The molecule has 1 aliphatic carbocycles. The Labute approximate surface area is 430 Å². The minimum absolute atomic E-state index is 0.0414. The lowest BCUT2D eigenvalue weighted by atomic mass is 9.73. The zero-order valence-corrected chi connectivity index (χ0v) is 43.6. The van der Waals surface area contributed by atoms with Gasteiger partial charge in [0, 0.05) is 39.3 Å². The van der Waals surface area contributed by atoms with Gasteiger partial charge in [-0.25, -0.2) is 4.98 Å². The van der Waals surface area contributed by atoms with Gasteiger partial charge in [-0.1, -0.05) is 167 Å². The first kappa shape index (κ1) is 44.9. The van der Waals surface area contributed by atoms with Gasteiger partial charge in [0.15, 0.2) is 0 Å². The molecular weight excluding hydrogens is 887 g/mol. The Hall–Kier alpha value is -8.02. The van der Waals surface area contributed by atoms with Gasteiger partial charge in [0.1, 0.15) is 17.7 Å². The summed E-state index contributed by atoms with van der Waals surface area (Å²) in [7, 11) is 0. The third kappa shape index (κ3) is 6.96. The van der Waals surface area contributed by atoms with Crippen LogP contribution in [0.15, 0.2) is 181 Å². The standard InChI is InChI=1S/C68H61N5/c1-40-24-26-51-53(32-40)54-33-41(2)25-27-52(54)65-63(51)70-66(73(65)64-43(4)30-42(3)31-44(64)5)47-34-46(45-18-12-11-13-19-45)35-49(36-47)71-59-23-17-15-21-56(59)68(9,10)57-38-55-50-20-14-16-22-58(50)72(60(55)39-61(57)71)62-37-48(28-29-69-62)67(6,7)8/h11-39,63,65H,1-10H3/t63-,65+/m1/s1. The highest BCUT2D eigenvalue weighted by Crippen LogP contribution is 2.57. The molecule has 0 radical (unpaired) electrons. The average molecular weight is 948 g/mol. The number of nitrogens with zero attached hydrogens (tertiary/aromatic N) is 5. The second-order valence-electron chi connectivity index (χ2n) is 22.6. The maximum absolute atomic E-state index is 6.02. The SMILES string of the molecule is Cc1cc(C)c(N2C(c3cc(-c4ccccc4)cc(N4c5ccccc5C(C)(C)c5cc6c7ccccc7n(-c7cc(C(C)(C)C)ccn7)c6cc54)c3)=N[C@@H]3c4ccc(C)cc4-c4cc(C)ccc4[C@@H]32)c(C)c1. The van der Waals surface area contributed by atoms with Gasteiger partial charge in [-0.3, -0.25) is 9.56 Å². The van der Waals surface area contributed by atoms with E-state index in [2.05, 4.69) is 253 Å². The van der Waals surface area contributed by atoms with Gasteiger partial charge in [-0.05, 0) is 156 Å². The Morgan fingerprint density at radius 3 is 1.95 bits per heavy atom. The molecule has 3 aliphatic rings. The average Bonchev–Trinajstić information content (AvgIpc) is 3.93. The molecule has 0 amide bonds. The summed E-state index contributed by atoms with van der Waals surface area (Å²) in [4.78, 5) is 16.3. The molecule has 0 spiro atoms. The molecule has 0 saturated heterocycles. The zero-order valence-electron chi connectivity index (χ0n) is 43.6. The molecule has 0 unspecified atom stereocenters. The molecule has 0 saturated carbocycles. The lowest BCUT2D eigenvalue weighted by Crippen LogP contribution is -2.35. The largest absolute Gasteiger partial charge is 0.316 e. The van der Waals surface area contributed by atoms with Crippen molar-refractivity contribution in [3.8, 4) is 28.1 Å². The van der Waals surface area contributed by atoms with Crippen molar-refractivity contribution in [2.75, 3.05) is 9.80 Å². The first-order valence-corrected chi connectivity index (χ1v) is 26.0. The van der Waals surface area contributed by atoms with Crippen molar-refractivity contribution in [1.29, 1.82) is 0 Å². The van der Waals surface area contributed by atoms with Crippen LogP contribution in [-0.2, 0) is 10.8 Å². The van der Waals surface area contributed by atoms with Gasteiger partial charge in [0.05, 0.1) is 28.5 Å². The maximum atomic E-state index is 6.02. The number of amidine groups is 1. The minimum atomic E-state index is -0.315. The van der Waals surface area contributed by atoms with Crippen molar-refractivity contribution >= 4 is 50.4 Å². The summed E-state index contributed by atoms with van der Waals surface area (Å²) in [6.45, 7) is 22.8. The summed E-state index contributed by atoms with van der Waals surface area (Å²) < 4.78 is 2.38. The van der Waals surface area contributed by atoms with Crippen LogP contribution in [0.3, 0.4) is 0 Å². The highest BCUT2D eigenvalue weighted by molar-refractivity contribution is 6.15. The fraction of sp³-hybridized carbons (Fsp3) is 0.206. The second kappa shape index (κ2) is 16.2. The topological polar surface area (TPSA) is 36.7 Å². The van der Waals surface area contributed by atoms with Gasteiger partial charge in [0.2, 0.25) is 0 Å². The Balaban J connectivity index is 1.10. The molecule has 0 fully saturated rings. The summed E-state index contributed by atoms with van der Waals surface area (Å²) >= 11 is 0. The normalized spacial score (nSPS) is 16.5. The molecule has 2 aliphatic heterocycles. The van der Waals surface area contributed by atoms with Gasteiger partial charge in [0.25, 0.3) is 0 Å². The summed E-state index contributed by atoms with van der Waals surface area (Å²) in [6.07, 6.45) is 1.97. The molecule has 4 heterocycles. The van der Waals surface area contributed by atoms with Crippen LogP contribution in [0, 0.1) is 34.6 Å². The van der Waals surface area contributed by atoms with Crippen LogP contribution in [0.25, 0.3) is 49.9 Å². The first-order chi connectivity index (χ1) is 35.1. The van der Waals surface area contributed by atoms with Crippen molar-refractivity contribution in [1.82, 2.24) is 9.55 Å². The number of aromatic nitrogens is 2. The van der Waals surface area contributed by atoms with Crippen molar-refractivity contribution in [2.45, 2.75) is 92.2 Å². The third-order valence-corrected chi connectivity index (χ3v) is 16.2. The van der Waals surface area contributed by atoms with Crippen LogP contribution in [0.2, 0.25) is 0 Å². The highest BCUT2D eigenvalue weighted by atomic mass is 15.3. The Morgan fingerprint density at radius 2 is 1.19 bits per heavy atom. The molecule has 10 aromatic rings. The lowest BCUT2D eigenvalue weighted by Gasteiger charge is -2.42. The van der Waals surface area contributed by atoms with Crippen LogP contribution in [0.1, 0.15) is 108 Å². The van der Waals surface area contributed by atoms with E-state index in [4.69, 9.17) is 9.98 Å². The van der Waals surface area contributed by atoms with Gasteiger partial charge >= 0.3 is 0 Å². The van der Waals surface area contributed by atoms with E-state index in [1.807, 2.05) is 6.20 Å². The summed E-state index contributed by atoms with van der Waals surface area (Å²) in [5, 5.41) is 2.44. The van der Waals surface area contributed by atoms with E-state index in [1.54, 1.807) is 0 Å². The smallest absolute Gasteiger partial charge is 0.137 e. The van der Waals surface area contributed by atoms with Gasteiger partial charge < -0.3 is 9.80 Å². The van der Waals surface area contributed by atoms with Gasteiger partial charge in [-0.15, -0.1) is 0 Å². The number of pyridine rings is 1. The number of hydrogen-bond donors (Lipinski definition) is 0. The molecule has 0 N–H and O–H groups in total. The molecule has 5 heteroatoms. The fourth-order valence-corrected chi connectivity index (χ4v) is 12.8. The number of rotatable bonds is 5. The fourth-order valence-electron chi connectivity index (χ4n) is 12.8. The molecule has 5 nitrogen and oxygen atoms in total. The summed E-state index contributed by atoms with van der Waals surface area (Å²) in [6, 6.07) is 63.9. The molecular formula is C68H61N5. The van der Waals surface area contributed by atoms with Crippen LogP contribution >= 0.6 is 0 Å². The molecule has 0 bridgehead atoms. The molecule has 2 aromatic heterocycles. The number of hydrogen-bond acceptors (Lipinski definition) is 4. The highest BCUT2D eigenvalue weighted by Gasteiger charge is 2.46. The monoisotopic (exact) mass is 947 g/mol. The number of benzene rings is 8. The van der Waals surface area contributed by atoms with E-state index >= 15 is 0 Å². The van der Waals surface area contributed by atoms with Crippen molar-refractivity contribution in [3.63, 3.8) is 0 Å². The maximum Gasteiger partial charge on any atom is 0.137 e. The molecule has 358 valence electrons. The van der Waals surface area contributed by atoms with E-state index in [0.29, 0.717) is 0 Å². The zero-order chi connectivity index (χ0) is 50.2. The van der Waals surface area contributed by atoms with Gasteiger partial charge in [-0.2, -0.15) is 0 Å². The third-order valence-electron chi connectivity index (χ3n) is 16.2. The molecule has 13 rings (SSSR count). The quantitative estimate of drug-likeness (QED) is 0.172. The van der Waals surface area contributed by atoms with Crippen LogP contribution in [-0.4, -0.2) is 15.4 Å². The Kier molecular flexibility index (Phi) is 9.99. The van der Waals surface area contributed by atoms with Crippen molar-refractivity contribution in [3.05, 3.63) is 237 Å². The van der Waals surface area contributed by atoms with Crippen molar-refractivity contribution < 1.29 is 0 Å². The van der Waals surface area contributed by atoms with Crippen LogP contribution in [0.5, 0.6) is 0 Å². The van der Waals surface area contributed by atoms with E-state index < -0.39 is 0 Å². The van der Waals surface area contributed by atoms with Crippen molar-refractivity contribution in [2.24, 2.45) is 4.99 Å². The number of fused-ring (bicyclic) bond motifs is 11. The minimum Gasteiger partial charge on any atom is -0.316 e. The van der Waals surface area contributed by atoms with E-state index in [-0.39, 0.29) is 22.9 Å². The number of aryl methyl sites for hydroxylation is 5. The Bertz CT molecular complexity index is 3930. The summed E-state index contributed by atoms with van der Waals surface area (Å²) in [5.41, 5.74) is 25.2. The van der Waals surface area contributed by atoms with Crippen LogP contribution in [0.4, 0.5) is 22.7 Å². The lowest BCUT2D eigenvalue weighted by molar-refractivity contribution is 0.588. The first-order valence-electron chi connectivity index (χ1n) is 26.0. The second-order valence-corrected chi connectivity index (χ2v) is 22.6. The van der Waals surface area contributed by atoms with E-state index in [0.717, 1.165) is 50.8 Å². The summed E-state index contributed by atoms with van der Waals surface area (Å²) in [5.74, 6) is 1.90. The number of anilines is 4. The predicted molar refractivity (Wildman–Crippen MR) is 306 cm³/mol. The predicted octanol–water partition coefficient (Wildman–Crippen LogP) is 17.5. The molecule has 8 aromatic carbocycles. The number of aliphatic imine (C=N–C) groups is 1. The molecule has 73 heavy (non-hydrogen) atoms. The van der Waals surface area contributed by atoms with E-state index in [1.165, 1.54) is 88.9 Å².